The first-order chi connectivity index (χ1) is 6.70. The van der Waals surface area contributed by atoms with Gasteiger partial charge in [0.05, 0.1) is 0 Å². The smallest absolute Gasteiger partial charge is 0.252 e. The summed E-state index contributed by atoms with van der Waals surface area (Å²) in [4.78, 5) is 24.4. The van der Waals surface area contributed by atoms with E-state index in [2.05, 4.69) is 0 Å². The van der Waals surface area contributed by atoms with Crippen molar-refractivity contribution in [2.24, 2.45) is 0 Å². The molecule has 1 atom stereocenters. The van der Waals surface area contributed by atoms with Crippen molar-refractivity contribution in [2.75, 3.05) is 7.05 Å². The third-order valence-electron chi connectivity index (χ3n) is 2.63. The summed E-state index contributed by atoms with van der Waals surface area (Å²) < 4.78 is 1.60. The summed E-state index contributed by atoms with van der Waals surface area (Å²) >= 11 is 0. The molecule has 0 spiro atoms. The number of hydrogen-bond acceptors (Lipinski definition) is 2. The van der Waals surface area contributed by atoms with Crippen molar-refractivity contribution in [1.29, 1.82) is 0 Å². The number of likely N-dealkylation sites (tertiary alicyclic amines) is 1. The lowest BCUT2D eigenvalue weighted by molar-refractivity contribution is -0.128. The molecule has 14 heavy (non-hydrogen) atoms. The summed E-state index contributed by atoms with van der Waals surface area (Å²) in [7, 11) is 1.74. The standard InChI is InChI=1S/C10H12N2O2/c1-11-8(5-6-9(11)13)12-7-3-2-4-10(12)14/h2-4,7-8H,5-6H2,1H3/t8-/m0/s1. The van der Waals surface area contributed by atoms with Crippen LogP contribution < -0.4 is 5.56 Å². The zero-order chi connectivity index (χ0) is 10.1. The first kappa shape index (κ1) is 8.99. The molecule has 2 rings (SSSR count). The maximum absolute atomic E-state index is 11.5. The van der Waals surface area contributed by atoms with E-state index in [-0.39, 0.29) is 17.6 Å². The van der Waals surface area contributed by atoms with E-state index in [4.69, 9.17) is 0 Å². The van der Waals surface area contributed by atoms with Crippen LogP contribution in [0.15, 0.2) is 29.2 Å². The molecule has 4 heteroatoms. The van der Waals surface area contributed by atoms with Crippen molar-refractivity contribution >= 4 is 5.91 Å². The van der Waals surface area contributed by atoms with Gasteiger partial charge in [-0.05, 0) is 12.5 Å². The van der Waals surface area contributed by atoms with Crippen molar-refractivity contribution in [1.82, 2.24) is 9.47 Å². The zero-order valence-electron chi connectivity index (χ0n) is 8.01. The molecule has 1 aliphatic rings. The van der Waals surface area contributed by atoms with E-state index in [1.807, 2.05) is 0 Å². The Morgan fingerprint density at radius 2 is 2.14 bits per heavy atom. The molecular weight excluding hydrogens is 180 g/mol. The maximum atomic E-state index is 11.5. The molecule has 0 radical (unpaired) electrons. The highest BCUT2D eigenvalue weighted by Crippen LogP contribution is 2.24. The first-order valence-electron chi connectivity index (χ1n) is 4.63. The van der Waals surface area contributed by atoms with Gasteiger partial charge in [0.25, 0.3) is 5.56 Å². The van der Waals surface area contributed by atoms with Crippen LogP contribution in [0.4, 0.5) is 0 Å². The van der Waals surface area contributed by atoms with Crippen LogP contribution in [0.3, 0.4) is 0 Å². The molecule has 4 nitrogen and oxygen atoms in total. The number of aromatic nitrogens is 1. The van der Waals surface area contributed by atoms with E-state index >= 15 is 0 Å². The Morgan fingerprint density at radius 3 is 2.71 bits per heavy atom. The average molecular weight is 192 g/mol. The number of amides is 1. The van der Waals surface area contributed by atoms with Crippen LogP contribution in [0.25, 0.3) is 0 Å². The molecule has 2 heterocycles. The van der Waals surface area contributed by atoms with Crippen molar-refractivity contribution < 1.29 is 4.79 Å². The molecule has 1 aromatic rings. The van der Waals surface area contributed by atoms with Gasteiger partial charge in [-0.3, -0.25) is 14.2 Å². The molecule has 0 saturated carbocycles. The molecule has 1 aromatic heterocycles. The van der Waals surface area contributed by atoms with Crippen LogP contribution >= 0.6 is 0 Å². The van der Waals surface area contributed by atoms with Gasteiger partial charge < -0.3 is 4.90 Å². The molecule has 1 saturated heterocycles. The fraction of sp³-hybridized carbons (Fsp3) is 0.400. The minimum Gasteiger partial charge on any atom is -0.325 e. The molecule has 0 unspecified atom stereocenters. The van der Waals surface area contributed by atoms with Crippen LogP contribution in [-0.4, -0.2) is 22.4 Å². The van der Waals surface area contributed by atoms with Gasteiger partial charge in [-0.1, -0.05) is 6.07 Å². The van der Waals surface area contributed by atoms with Gasteiger partial charge in [-0.2, -0.15) is 0 Å². The third kappa shape index (κ3) is 1.32. The minimum absolute atomic E-state index is 0.0564. The summed E-state index contributed by atoms with van der Waals surface area (Å²) in [5.41, 5.74) is -0.0564. The number of hydrogen-bond donors (Lipinski definition) is 0. The van der Waals surface area contributed by atoms with Gasteiger partial charge in [0.1, 0.15) is 6.17 Å². The van der Waals surface area contributed by atoms with Crippen LogP contribution in [0.1, 0.15) is 19.0 Å². The molecular formula is C10H12N2O2. The first-order valence-corrected chi connectivity index (χ1v) is 4.63. The van der Waals surface area contributed by atoms with Crippen molar-refractivity contribution in [3.63, 3.8) is 0 Å². The van der Waals surface area contributed by atoms with Gasteiger partial charge in [0, 0.05) is 25.7 Å². The van der Waals surface area contributed by atoms with Crippen LogP contribution in [0.2, 0.25) is 0 Å². The SMILES string of the molecule is CN1C(=O)CC[C@@H]1n1ccccc1=O. The molecule has 1 amide bonds. The van der Waals surface area contributed by atoms with Gasteiger partial charge in [0.15, 0.2) is 0 Å². The normalized spacial score (nSPS) is 21.6. The minimum atomic E-state index is -0.101. The lowest BCUT2D eigenvalue weighted by Gasteiger charge is -2.21. The highest BCUT2D eigenvalue weighted by atomic mass is 16.2. The number of nitrogens with zero attached hydrogens (tertiary/aromatic N) is 2. The van der Waals surface area contributed by atoms with Crippen LogP contribution in [0, 0.1) is 0 Å². The van der Waals surface area contributed by atoms with Crippen LogP contribution in [-0.2, 0) is 4.79 Å². The third-order valence-corrected chi connectivity index (χ3v) is 2.63. The van der Waals surface area contributed by atoms with E-state index in [0.29, 0.717) is 6.42 Å². The number of pyridine rings is 1. The summed E-state index contributed by atoms with van der Waals surface area (Å²) in [5.74, 6) is 0.103. The largest absolute Gasteiger partial charge is 0.325 e. The van der Waals surface area contributed by atoms with E-state index in [9.17, 15) is 9.59 Å². The second-order valence-corrected chi connectivity index (χ2v) is 3.47. The van der Waals surface area contributed by atoms with Gasteiger partial charge in [0.2, 0.25) is 5.91 Å². The van der Waals surface area contributed by atoms with E-state index in [0.717, 1.165) is 6.42 Å². The lowest BCUT2D eigenvalue weighted by Crippen LogP contribution is -2.32. The summed E-state index contributed by atoms with van der Waals surface area (Å²) in [6, 6.07) is 5.02. The molecule has 0 aromatic carbocycles. The Labute approximate surface area is 81.8 Å². The summed E-state index contributed by atoms with van der Waals surface area (Å²) in [6.45, 7) is 0. The second-order valence-electron chi connectivity index (χ2n) is 3.47. The van der Waals surface area contributed by atoms with Crippen molar-refractivity contribution in [2.45, 2.75) is 19.0 Å². The van der Waals surface area contributed by atoms with E-state index < -0.39 is 0 Å². The van der Waals surface area contributed by atoms with Gasteiger partial charge >= 0.3 is 0 Å². The topological polar surface area (TPSA) is 42.3 Å². The molecule has 0 bridgehead atoms. The van der Waals surface area contributed by atoms with Crippen molar-refractivity contribution in [3.8, 4) is 0 Å². The van der Waals surface area contributed by atoms with Gasteiger partial charge in [-0.15, -0.1) is 0 Å². The van der Waals surface area contributed by atoms with Crippen molar-refractivity contribution in [3.05, 3.63) is 34.7 Å². The number of carbonyl (C=O) groups is 1. The average Bonchev–Trinajstić information content (AvgIpc) is 2.49. The summed E-state index contributed by atoms with van der Waals surface area (Å²) in [6.07, 6.45) is 2.88. The Hall–Kier alpha value is -1.58. The Balaban J connectivity index is 2.37. The Bertz CT molecular complexity index is 411. The molecule has 74 valence electrons. The Kier molecular flexibility index (Phi) is 2.11. The number of carbonyl (C=O) groups excluding carboxylic acids is 1. The quantitative estimate of drug-likeness (QED) is 0.653. The summed E-state index contributed by atoms with van der Waals surface area (Å²) in [5, 5.41) is 0. The predicted octanol–water partition coefficient (Wildman–Crippen LogP) is 0.599. The van der Waals surface area contributed by atoms with E-state index in [1.165, 1.54) is 6.07 Å². The van der Waals surface area contributed by atoms with Gasteiger partial charge in [-0.25, -0.2) is 0 Å². The molecule has 0 aliphatic carbocycles. The fourth-order valence-corrected chi connectivity index (χ4v) is 1.80. The fourth-order valence-electron chi connectivity index (χ4n) is 1.80. The van der Waals surface area contributed by atoms with Crippen LogP contribution in [0.5, 0.6) is 0 Å². The Morgan fingerprint density at radius 1 is 1.36 bits per heavy atom. The highest BCUT2D eigenvalue weighted by molar-refractivity contribution is 5.78. The highest BCUT2D eigenvalue weighted by Gasteiger charge is 2.28. The monoisotopic (exact) mass is 192 g/mol. The molecule has 1 fully saturated rings. The maximum Gasteiger partial charge on any atom is 0.252 e. The van der Waals surface area contributed by atoms with E-state index in [1.54, 1.807) is 34.8 Å². The zero-order valence-corrected chi connectivity index (χ0v) is 8.01. The predicted molar refractivity (Wildman–Crippen MR) is 51.7 cm³/mol. The molecule has 1 aliphatic heterocycles. The number of rotatable bonds is 1. The lowest BCUT2D eigenvalue weighted by atomic mass is 10.3. The molecule has 0 N–H and O–H groups in total. The second kappa shape index (κ2) is 3.29.